The van der Waals surface area contributed by atoms with Gasteiger partial charge in [-0.25, -0.2) is 0 Å². The Bertz CT molecular complexity index is 3320. The molecule has 0 atom stereocenters. The first-order valence-corrected chi connectivity index (χ1v) is 25.0. The van der Waals surface area contributed by atoms with E-state index in [-0.39, 0.29) is 49.0 Å². The molecule has 0 unspecified atom stereocenters. The summed E-state index contributed by atoms with van der Waals surface area (Å²) in [5.41, 5.74) is 12.2. The Hall–Kier alpha value is -5.39. The van der Waals surface area contributed by atoms with Crippen molar-refractivity contribution in [2.24, 2.45) is 5.92 Å². The van der Waals surface area contributed by atoms with Crippen molar-refractivity contribution >= 4 is 46.2 Å². The summed E-state index contributed by atoms with van der Waals surface area (Å²) in [6.45, 7) is 14.9. The second-order valence-electron chi connectivity index (χ2n) is 18.0. The van der Waals surface area contributed by atoms with Crippen molar-refractivity contribution in [1.82, 2.24) is 14.5 Å². The van der Waals surface area contributed by atoms with E-state index < -0.39 is 28.2 Å². The van der Waals surface area contributed by atoms with Crippen LogP contribution in [0, 0.1) is 31.8 Å². The van der Waals surface area contributed by atoms with E-state index in [0.717, 1.165) is 44.1 Å². The third-order valence-electron chi connectivity index (χ3n) is 11.2. The van der Waals surface area contributed by atoms with Crippen LogP contribution in [0.25, 0.3) is 72.4 Å². The number of rotatable bonds is 9. The number of benzene rings is 6. The Labute approximate surface area is 400 Å². The number of hydrogen-bond acceptors (Lipinski definition) is 3. The van der Waals surface area contributed by atoms with E-state index >= 15 is 0 Å². The molecule has 0 aliphatic carbocycles. The number of imidazole rings is 1. The van der Waals surface area contributed by atoms with Crippen LogP contribution >= 0.6 is 0 Å². The predicted molar refractivity (Wildman–Crippen MR) is 266 cm³/mol. The zero-order valence-corrected chi connectivity index (χ0v) is 40.8. The number of para-hydroxylation sites is 2. The molecule has 0 saturated carbocycles. The zero-order valence-electron chi connectivity index (χ0n) is 45.4. The summed E-state index contributed by atoms with van der Waals surface area (Å²) in [6, 6.07) is 45.4. The molecule has 0 fully saturated rings. The van der Waals surface area contributed by atoms with Crippen molar-refractivity contribution in [2.45, 2.75) is 93.1 Å². The summed E-state index contributed by atoms with van der Waals surface area (Å²) >= 11 is 0. The van der Waals surface area contributed by atoms with Crippen molar-refractivity contribution in [3.05, 3.63) is 167 Å². The molecule has 3 aromatic heterocycles. The summed E-state index contributed by atoms with van der Waals surface area (Å²) in [7, 11) is -1.78. The SMILES string of the molecule is [2H]C([2H])([2H])c1c[c-]c(-c2cc(C([2H])([2H])C(C)C)c([Si](C)(C)C)cn2)cc1.[2H]C([2H])([2H])c1ccc2c(c1)oc1c(-c3nc4ccccc4n3-c3c(C(C)C)cc(-c4ccccc4)cc3C(C)C)[c-]ccc12.[Ir]. The summed E-state index contributed by atoms with van der Waals surface area (Å²) in [6.07, 6.45) is 0.328. The van der Waals surface area contributed by atoms with Gasteiger partial charge in [-0.15, -0.1) is 53.6 Å². The largest absolute Gasteiger partial charge is 0.501 e. The van der Waals surface area contributed by atoms with Crippen molar-refractivity contribution in [3.63, 3.8) is 0 Å². The second kappa shape index (κ2) is 18.8. The topological polar surface area (TPSA) is 43.9 Å². The molecule has 9 aromatic rings. The molecule has 3 heterocycles. The normalized spacial score (nSPS) is 14.3. The van der Waals surface area contributed by atoms with E-state index in [1.54, 1.807) is 30.5 Å². The van der Waals surface area contributed by atoms with Crippen LogP contribution in [0.1, 0.15) is 92.2 Å². The number of furan rings is 1. The van der Waals surface area contributed by atoms with Gasteiger partial charge in [0.2, 0.25) is 0 Å². The van der Waals surface area contributed by atoms with Crippen LogP contribution in [0.5, 0.6) is 0 Å². The number of fused-ring (bicyclic) bond motifs is 4. The molecule has 63 heavy (non-hydrogen) atoms. The van der Waals surface area contributed by atoms with Crippen LogP contribution in [0.2, 0.25) is 19.6 Å². The van der Waals surface area contributed by atoms with Gasteiger partial charge in [0, 0.05) is 48.3 Å². The number of nitrogens with zero attached hydrogens (tertiary/aromatic N) is 3. The molecule has 0 saturated heterocycles. The first-order chi connectivity index (χ1) is 32.9. The number of aryl methyl sites for hydroxylation is 2. The molecule has 0 aliphatic rings. The molecule has 0 N–H and O–H groups in total. The molecule has 1 radical (unpaired) electrons. The monoisotopic (exact) mass is 1030 g/mol. The van der Waals surface area contributed by atoms with Crippen molar-refractivity contribution in [2.75, 3.05) is 0 Å². The van der Waals surface area contributed by atoms with Gasteiger partial charge in [0.1, 0.15) is 5.58 Å². The quantitative estimate of drug-likeness (QED) is 0.107. The first kappa shape index (κ1) is 36.0. The minimum atomic E-state index is -2.22. The van der Waals surface area contributed by atoms with Gasteiger partial charge in [-0.3, -0.25) is 4.98 Å². The van der Waals surface area contributed by atoms with Crippen LogP contribution in [0.3, 0.4) is 0 Å². The Morgan fingerprint density at radius 2 is 1.44 bits per heavy atom. The van der Waals surface area contributed by atoms with Crippen LogP contribution in [0.15, 0.2) is 132 Å². The second-order valence-corrected chi connectivity index (χ2v) is 23.0. The molecule has 9 rings (SSSR count). The Kier molecular flexibility index (Phi) is 10.7. The first-order valence-electron chi connectivity index (χ1n) is 25.5. The van der Waals surface area contributed by atoms with Crippen LogP contribution in [0.4, 0.5) is 0 Å². The van der Waals surface area contributed by atoms with Gasteiger partial charge in [-0.05, 0) is 100 Å². The van der Waals surface area contributed by atoms with E-state index in [2.05, 4.69) is 118 Å². The molecule has 6 aromatic carbocycles. The van der Waals surface area contributed by atoms with E-state index in [9.17, 15) is 0 Å². The summed E-state index contributed by atoms with van der Waals surface area (Å²) in [5, 5.41) is 2.78. The summed E-state index contributed by atoms with van der Waals surface area (Å²) in [5.74, 6) is 1.05. The minimum Gasteiger partial charge on any atom is -0.501 e. The van der Waals surface area contributed by atoms with E-state index in [1.165, 1.54) is 28.3 Å². The fraction of sp³-hybridized carbons (Fsp3) is 0.263. The maximum atomic E-state index is 8.59. The molecule has 6 heteroatoms. The zero-order chi connectivity index (χ0) is 50.7. The van der Waals surface area contributed by atoms with Crippen molar-refractivity contribution in [3.8, 4) is 39.5 Å². The Morgan fingerprint density at radius 3 is 2.10 bits per heavy atom. The number of pyridine rings is 1. The van der Waals surface area contributed by atoms with E-state index in [0.29, 0.717) is 28.0 Å². The molecular weight excluding hydrogens is 963 g/mol. The fourth-order valence-electron chi connectivity index (χ4n) is 8.16. The molecular formula is C57H59IrN3OSi-2. The van der Waals surface area contributed by atoms with Crippen molar-refractivity contribution < 1.29 is 35.5 Å². The van der Waals surface area contributed by atoms with Crippen LogP contribution < -0.4 is 5.19 Å². The predicted octanol–water partition coefficient (Wildman–Crippen LogP) is 15.2. The standard InChI is InChI=1S/C38H33N2O.C19H26NSi.Ir/c1-23(2)31-21-27(26-12-7-6-8-13-26)22-32(24(3)4)36(31)40-34-17-10-9-16-33(34)39-38(40)30-15-11-14-29-28-19-18-25(5)20-35(28)41-37(29)30;1-14(2)11-17-12-18(16-9-7-15(3)8-10-16)20-13-19(17)21(4,5)6;/h6-14,16-24H,1-5H3;7-9,12-14H,11H2,1-6H3;/q2*-1;/i5D3;3D3,11D2;. The molecule has 0 amide bonds. The average molecular weight is 1030 g/mol. The van der Waals surface area contributed by atoms with Crippen LogP contribution in [-0.4, -0.2) is 22.6 Å². The minimum absolute atomic E-state index is 0. The maximum absolute atomic E-state index is 8.59. The summed E-state index contributed by atoms with van der Waals surface area (Å²) in [4.78, 5) is 9.74. The van der Waals surface area contributed by atoms with Crippen LogP contribution in [-0.2, 0) is 26.5 Å². The Balaban J connectivity index is 0.000000236. The third-order valence-corrected chi connectivity index (χ3v) is 13.2. The van der Waals surface area contributed by atoms with Gasteiger partial charge in [-0.2, -0.15) is 0 Å². The molecule has 0 spiro atoms. The average Bonchev–Trinajstić information content (AvgIpc) is 3.89. The van der Waals surface area contributed by atoms with Gasteiger partial charge >= 0.3 is 0 Å². The van der Waals surface area contributed by atoms with Gasteiger partial charge in [0.05, 0.1) is 30.5 Å². The molecule has 323 valence electrons. The van der Waals surface area contributed by atoms with E-state index in [4.69, 9.17) is 20.4 Å². The summed E-state index contributed by atoms with van der Waals surface area (Å²) < 4.78 is 72.0. The number of aromatic nitrogens is 3. The van der Waals surface area contributed by atoms with Gasteiger partial charge in [0.15, 0.2) is 0 Å². The maximum Gasteiger partial charge on any atom is 0.121 e. The van der Waals surface area contributed by atoms with Gasteiger partial charge in [0.25, 0.3) is 0 Å². The van der Waals surface area contributed by atoms with E-state index in [1.807, 2.05) is 56.3 Å². The van der Waals surface area contributed by atoms with Crippen molar-refractivity contribution in [1.29, 1.82) is 0 Å². The van der Waals surface area contributed by atoms with Gasteiger partial charge in [-0.1, -0.05) is 145 Å². The molecule has 0 bridgehead atoms. The fourth-order valence-corrected chi connectivity index (χ4v) is 9.56. The Morgan fingerprint density at radius 1 is 0.746 bits per heavy atom. The smallest absolute Gasteiger partial charge is 0.121 e. The number of hydrogen-bond donors (Lipinski definition) is 0. The molecule has 0 aliphatic heterocycles. The molecule has 4 nitrogen and oxygen atoms in total. The van der Waals surface area contributed by atoms with Gasteiger partial charge < -0.3 is 14.0 Å². The third kappa shape index (κ3) is 9.46.